The normalized spacial score (nSPS) is 21.7. The van der Waals surface area contributed by atoms with Crippen molar-refractivity contribution >= 4 is 32.7 Å². The van der Waals surface area contributed by atoms with Crippen LogP contribution in [0.2, 0.25) is 0 Å². The van der Waals surface area contributed by atoms with Crippen LogP contribution in [-0.2, 0) is 14.8 Å². The van der Waals surface area contributed by atoms with Crippen molar-refractivity contribution in [2.75, 3.05) is 18.5 Å². The Morgan fingerprint density at radius 2 is 2.00 bits per heavy atom. The quantitative estimate of drug-likeness (QED) is 0.556. The third-order valence-electron chi connectivity index (χ3n) is 6.79. The van der Waals surface area contributed by atoms with Crippen LogP contribution in [0.15, 0.2) is 41.3 Å². The number of rotatable bonds is 5. The fourth-order valence-electron chi connectivity index (χ4n) is 4.82. The number of aromatic amines is 1. The molecule has 180 valence electrons. The van der Waals surface area contributed by atoms with Crippen molar-refractivity contribution in [3.63, 3.8) is 0 Å². The van der Waals surface area contributed by atoms with Gasteiger partial charge in [-0.15, -0.1) is 0 Å². The molecule has 3 aromatic rings. The van der Waals surface area contributed by atoms with E-state index in [0.29, 0.717) is 23.4 Å². The topological polar surface area (TPSA) is 104 Å². The third kappa shape index (κ3) is 4.35. The summed E-state index contributed by atoms with van der Waals surface area (Å²) >= 11 is 0. The van der Waals surface area contributed by atoms with Crippen LogP contribution in [-0.4, -0.2) is 47.8 Å². The van der Waals surface area contributed by atoms with E-state index in [0.717, 1.165) is 55.6 Å². The fourth-order valence-corrected chi connectivity index (χ4v) is 6.55. The zero-order chi connectivity index (χ0) is 23.9. The molecule has 0 radical (unpaired) electrons. The lowest BCUT2D eigenvalue weighted by Crippen LogP contribution is -2.42. The highest BCUT2D eigenvalue weighted by molar-refractivity contribution is 7.89. The number of aromatic nitrogens is 2. The van der Waals surface area contributed by atoms with Gasteiger partial charge in [0.05, 0.1) is 15.9 Å². The lowest BCUT2D eigenvalue weighted by molar-refractivity contribution is 0.102. The Bertz CT molecular complexity index is 1330. The lowest BCUT2D eigenvalue weighted by atomic mass is 10.1. The van der Waals surface area contributed by atoms with Gasteiger partial charge in [-0.3, -0.25) is 4.79 Å². The molecule has 0 bridgehead atoms. The first-order chi connectivity index (χ1) is 16.3. The second-order valence-electron chi connectivity index (χ2n) is 9.25. The average Bonchev–Trinajstić information content (AvgIpc) is 3.49. The molecular formula is C25H30N4O4S. The van der Waals surface area contributed by atoms with Crippen molar-refractivity contribution in [3.8, 4) is 0 Å². The molecule has 9 heteroatoms. The van der Waals surface area contributed by atoms with Crippen LogP contribution in [0, 0.1) is 6.92 Å². The van der Waals surface area contributed by atoms with Crippen LogP contribution >= 0.6 is 0 Å². The van der Waals surface area contributed by atoms with Crippen LogP contribution in [0.4, 0.5) is 5.69 Å². The minimum absolute atomic E-state index is 0.0135. The molecule has 2 fully saturated rings. The standard InChI is InChI=1S/C25H30N4O4S/c1-16-8-10-19(34(31,32)29-12-4-3-6-17(29)2)15-20(16)25(30)26-18-9-11-21-22(14-18)28-24(27-21)23-7-5-13-33-23/h8-11,14-15,17,23H,3-7,12-13H2,1-2H3,(H,26,30)(H,27,28). The van der Waals surface area contributed by atoms with Gasteiger partial charge in [0.2, 0.25) is 10.0 Å². The zero-order valence-electron chi connectivity index (χ0n) is 19.5. The first-order valence-electron chi connectivity index (χ1n) is 11.9. The Morgan fingerprint density at radius 1 is 1.15 bits per heavy atom. The Morgan fingerprint density at radius 3 is 2.76 bits per heavy atom. The smallest absolute Gasteiger partial charge is 0.255 e. The number of aryl methyl sites for hydroxylation is 1. The summed E-state index contributed by atoms with van der Waals surface area (Å²) < 4.78 is 33.8. The predicted octanol–water partition coefficient (Wildman–Crippen LogP) is 4.54. The Kier molecular flexibility index (Phi) is 6.18. The van der Waals surface area contributed by atoms with E-state index >= 15 is 0 Å². The lowest BCUT2D eigenvalue weighted by Gasteiger charge is -2.32. The van der Waals surface area contributed by atoms with E-state index in [4.69, 9.17) is 4.74 Å². The highest BCUT2D eigenvalue weighted by Crippen LogP contribution is 2.29. The molecule has 1 aromatic heterocycles. The molecule has 34 heavy (non-hydrogen) atoms. The maximum Gasteiger partial charge on any atom is 0.255 e. The van der Waals surface area contributed by atoms with Crippen LogP contribution in [0.3, 0.4) is 0 Å². The largest absolute Gasteiger partial charge is 0.370 e. The minimum atomic E-state index is -3.66. The van der Waals surface area contributed by atoms with Crippen molar-refractivity contribution in [1.82, 2.24) is 14.3 Å². The van der Waals surface area contributed by atoms with Gasteiger partial charge in [-0.05, 0) is 75.4 Å². The number of hydrogen-bond acceptors (Lipinski definition) is 5. The first-order valence-corrected chi connectivity index (χ1v) is 13.3. The number of benzene rings is 2. The Labute approximate surface area is 199 Å². The first kappa shape index (κ1) is 23.0. The third-order valence-corrected chi connectivity index (χ3v) is 8.80. The second-order valence-corrected chi connectivity index (χ2v) is 11.1. The Hall–Kier alpha value is -2.75. The molecule has 0 saturated carbocycles. The monoisotopic (exact) mass is 482 g/mol. The minimum Gasteiger partial charge on any atom is -0.370 e. The van der Waals surface area contributed by atoms with Gasteiger partial charge in [0.1, 0.15) is 11.9 Å². The molecule has 2 aliphatic heterocycles. The summed E-state index contributed by atoms with van der Waals surface area (Å²) in [6, 6.07) is 10.2. The molecule has 2 N–H and O–H groups in total. The molecule has 8 nitrogen and oxygen atoms in total. The number of sulfonamides is 1. The summed E-state index contributed by atoms with van der Waals surface area (Å²) in [6.45, 7) is 5.00. The van der Waals surface area contributed by atoms with Crippen molar-refractivity contribution < 1.29 is 17.9 Å². The van der Waals surface area contributed by atoms with E-state index < -0.39 is 10.0 Å². The molecule has 2 saturated heterocycles. The zero-order valence-corrected chi connectivity index (χ0v) is 20.3. The molecule has 2 aliphatic rings. The molecule has 2 aromatic carbocycles. The van der Waals surface area contributed by atoms with Crippen molar-refractivity contribution in [2.45, 2.75) is 63.0 Å². The van der Waals surface area contributed by atoms with Crippen molar-refractivity contribution in [3.05, 3.63) is 53.3 Å². The van der Waals surface area contributed by atoms with Crippen LogP contribution in [0.25, 0.3) is 11.0 Å². The highest BCUT2D eigenvalue weighted by atomic mass is 32.2. The van der Waals surface area contributed by atoms with Crippen molar-refractivity contribution in [2.24, 2.45) is 0 Å². The van der Waals surface area contributed by atoms with Gasteiger partial charge in [-0.2, -0.15) is 4.31 Å². The second kappa shape index (κ2) is 9.13. The van der Waals surface area contributed by atoms with Gasteiger partial charge in [-0.1, -0.05) is 12.5 Å². The number of carbonyl (C=O) groups is 1. The van der Waals surface area contributed by atoms with E-state index in [1.165, 1.54) is 6.07 Å². The molecule has 0 aliphatic carbocycles. The number of nitrogens with zero attached hydrogens (tertiary/aromatic N) is 2. The number of hydrogen-bond donors (Lipinski definition) is 2. The van der Waals surface area contributed by atoms with Crippen molar-refractivity contribution in [1.29, 1.82) is 0 Å². The van der Waals surface area contributed by atoms with Crippen LogP contribution in [0.5, 0.6) is 0 Å². The number of imidazole rings is 1. The van der Waals surface area contributed by atoms with Gasteiger partial charge in [-0.25, -0.2) is 13.4 Å². The molecule has 0 spiro atoms. The van der Waals surface area contributed by atoms with E-state index in [1.807, 2.05) is 19.1 Å². The van der Waals surface area contributed by atoms with Gasteiger partial charge in [0, 0.05) is 30.4 Å². The molecule has 1 amide bonds. The molecule has 2 atom stereocenters. The summed E-state index contributed by atoms with van der Waals surface area (Å²) in [7, 11) is -3.66. The highest BCUT2D eigenvalue weighted by Gasteiger charge is 2.31. The van der Waals surface area contributed by atoms with Gasteiger partial charge in [0.15, 0.2) is 0 Å². The average molecular weight is 483 g/mol. The van der Waals surface area contributed by atoms with Crippen LogP contribution in [0.1, 0.15) is 66.9 Å². The number of nitrogens with one attached hydrogen (secondary N) is 2. The summed E-state index contributed by atoms with van der Waals surface area (Å²) in [5.41, 5.74) is 3.29. The molecular weight excluding hydrogens is 452 g/mol. The summed E-state index contributed by atoms with van der Waals surface area (Å²) in [6.07, 6.45) is 4.69. The van der Waals surface area contributed by atoms with E-state index in [1.54, 1.807) is 29.4 Å². The Balaban J connectivity index is 1.38. The SMILES string of the molecule is Cc1ccc(S(=O)(=O)N2CCCCC2C)cc1C(=O)Nc1ccc2nc(C3CCCO3)[nH]c2c1. The number of piperidine rings is 1. The predicted molar refractivity (Wildman–Crippen MR) is 130 cm³/mol. The molecule has 2 unspecified atom stereocenters. The van der Waals surface area contributed by atoms with E-state index in [2.05, 4.69) is 15.3 Å². The maximum absolute atomic E-state index is 13.3. The van der Waals surface area contributed by atoms with Crippen LogP contribution < -0.4 is 5.32 Å². The summed E-state index contributed by atoms with van der Waals surface area (Å²) in [5.74, 6) is 0.455. The number of amides is 1. The number of carbonyl (C=O) groups excluding carboxylic acids is 1. The molecule has 5 rings (SSSR count). The van der Waals surface area contributed by atoms with Gasteiger partial charge >= 0.3 is 0 Å². The number of ether oxygens (including phenoxy) is 1. The maximum atomic E-state index is 13.3. The fraction of sp³-hybridized carbons (Fsp3) is 0.440. The summed E-state index contributed by atoms with van der Waals surface area (Å²) in [4.78, 5) is 21.2. The van der Waals surface area contributed by atoms with Gasteiger partial charge < -0.3 is 15.0 Å². The number of H-pyrrole nitrogens is 1. The summed E-state index contributed by atoms with van der Waals surface area (Å²) in [5, 5.41) is 2.91. The number of fused-ring (bicyclic) bond motifs is 1. The van der Waals surface area contributed by atoms with E-state index in [9.17, 15) is 13.2 Å². The van der Waals surface area contributed by atoms with E-state index in [-0.39, 0.29) is 22.9 Å². The number of anilines is 1. The molecule has 3 heterocycles. The van der Waals surface area contributed by atoms with Gasteiger partial charge in [0.25, 0.3) is 5.91 Å².